The van der Waals surface area contributed by atoms with Gasteiger partial charge in [-0.25, -0.2) is 4.79 Å². The molecule has 1 aromatic carbocycles. The topological polar surface area (TPSA) is 131 Å². The van der Waals surface area contributed by atoms with Gasteiger partial charge in [-0.2, -0.15) is 5.26 Å². The van der Waals surface area contributed by atoms with E-state index in [0.29, 0.717) is 17.8 Å². The first kappa shape index (κ1) is 25.2. The van der Waals surface area contributed by atoms with Gasteiger partial charge in [-0.15, -0.1) is 11.3 Å². The van der Waals surface area contributed by atoms with E-state index in [0.717, 1.165) is 44.1 Å². The molecule has 180 valence electrons. The van der Waals surface area contributed by atoms with Gasteiger partial charge in [0.2, 0.25) is 5.91 Å². The second-order valence-electron chi connectivity index (χ2n) is 7.92. The average molecular weight is 485 g/mol. The van der Waals surface area contributed by atoms with Crippen molar-refractivity contribution in [2.45, 2.75) is 19.9 Å². The smallest absolute Gasteiger partial charge is 0.349 e. The van der Waals surface area contributed by atoms with Gasteiger partial charge < -0.3 is 25.5 Å². The number of aromatic nitrogens is 1. The second-order valence-corrected chi connectivity index (χ2v) is 8.95. The standard InChI is InChI=1S/C23H28N6O4S/c1-3-29-21(31)19(34-22(29)18(14-24)23(32)33)15-25-16-4-6-17(7-5-16)26-20(30)8-9-28-12-10-27(2)11-13-28/h4-7,15,25H,3,8-13H2,1-2H3,(H,26,30)(H,32,33)/b19-15+,22-18-. The first-order chi connectivity index (χ1) is 16.3. The van der Waals surface area contributed by atoms with Gasteiger partial charge in [0, 0.05) is 63.3 Å². The monoisotopic (exact) mass is 484 g/mol. The Morgan fingerprint density at radius 3 is 2.41 bits per heavy atom. The Hall–Kier alpha value is -3.46. The number of likely N-dealkylation sites (N-methyl/N-ethyl adjacent to an activating group) is 1. The quantitative estimate of drug-likeness (QED) is 0.482. The summed E-state index contributed by atoms with van der Waals surface area (Å²) in [6.45, 7) is 6.68. The number of nitriles is 1. The van der Waals surface area contributed by atoms with Crippen molar-refractivity contribution in [3.63, 3.8) is 0 Å². The number of aliphatic carboxylic acids is 1. The van der Waals surface area contributed by atoms with E-state index < -0.39 is 11.5 Å². The molecule has 0 radical (unpaired) electrons. The Morgan fingerprint density at radius 1 is 1.18 bits per heavy atom. The van der Waals surface area contributed by atoms with Crippen LogP contribution in [0.4, 0.5) is 11.4 Å². The molecule has 1 fully saturated rings. The third-order valence-corrected chi connectivity index (χ3v) is 6.68. The van der Waals surface area contributed by atoms with Gasteiger partial charge in [0.15, 0.2) is 5.57 Å². The minimum atomic E-state index is -1.37. The van der Waals surface area contributed by atoms with Gasteiger partial charge in [0.05, 0.1) is 0 Å². The van der Waals surface area contributed by atoms with Crippen LogP contribution in [0.25, 0.3) is 11.8 Å². The summed E-state index contributed by atoms with van der Waals surface area (Å²) in [4.78, 5) is 40.7. The molecule has 0 atom stereocenters. The molecule has 0 aliphatic carbocycles. The Labute approximate surface area is 201 Å². The van der Waals surface area contributed by atoms with Gasteiger partial charge in [-0.1, -0.05) is 0 Å². The molecule has 3 N–H and O–H groups in total. The number of carbonyl (C=O) groups is 2. The predicted octanol–water partition coefficient (Wildman–Crippen LogP) is 0.115. The third kappa shape index (κ3) is 6.32. The Morgan fingerprint density at radius 2 is 1.82 bits per heavy atom. The molecule has 1 saturated heterocycles. The number of hydrogen-bond acceptors (Lipinski definition) is 8. The van der Waals surface area contributed by atoms with E-state index >= 15 is 0 Å². The summed E-state index contributed by atoms with van der Waals surface area (Å²) in [6.07, 6.45) is 1.92. The van der Waals surface area contributed by atoms with Crippen molar-refractivity contribution in [3.05, 3.63) is 43.8 Å². The SMILES string of the molecule is CCn1c(=O)/c(=C\Nc2ccc(NC(=O)CCN3CCN(C)CC3)cc2)s/c1=C(/C#N)C(=O)O. The number of benzene rings is 1. The van der Waals surface area contributed by atoms with Gasteiger partial charge in [-0.3, -0.25) is 14.2 Å². The maximum Gasteiger partial charge on any atom is 0.349 e. The van der Waals surface area contributed by atoms with E-state index in [-0.39, 0.29) is 27.2 Å². The number of amides is 1. The van der Waals surface area contributed by atoms with Crippen molar-refractivity contribution in [2.75, 3.05) is 50.4 Å². The highest BCUT2D eigenvalue weighted by Crippen LogP contribution is 2.14. The summed E-state index contributed by atoms with van der Waals surface area (Å²) in [5, 5.41) is 24.3. The third-order valence-electron chi connectivity index (χ3n) is 5.55. The minimum absolute atomic E-state index is 0.0413. The summed E-state index contributed by atoms with van der Waals surface area (Å²) < 4.78 is 1.67. The number of thiazole rings is 1. The van der Waals surface area contributed by atoms with Crippen LogP contribution in [0.5, 0.6) is 0 Å². The van der Waals surface area contributed by atoms with E-state index in [9.17, 15) is 19.5 Å². The lowest BCUT2D eigenvalue weighted by atomic mass is 10.2. The predicted molar refractivity (Wildman–Crippen MR) is 132 cm³/mol. The van der Waals surface area contributed by atoms with E-state index in [2.05, 4.69) is 27.5 Å². The van der Waals surface area contributed by atoms with Gasteiger partial charge in [0.1, 0.15) is 15.3 Å². The molecule has 1 amide bonds. The molecule has 34 heavy (non-hydrogen) atoms. The van der Waals surface area contributed by atoms with Crippen molar-refractivity contribution in [2.24, 2.45) is 0 Å². The summed E-state index contributed by atoms with van der Waals surface area (Å²) >= 11 is 0.948. The normalized spacial score (nSPS) is 16.1. The molecule has 0 saturated carbocycles. The van der Waals surface area contributed by atoms with E-state index in [1.54, 1.807) is 37.3 Å². The van der Waals surface area contributed by atoms with Crippen LogP contribution in [0.1, 0.15) is 13.3 Å². The zero-order valence-electron chi connectivity index (χ0n) is 19.2. The van der Waals surface area contributed by atoms with Crippen molar-refractivity contribution in [1.29, 1.82) is 5.26 Å². The number of hydrogen-bond donors (Lipinski definition) is 3. The van der Waals surface area contributed by atoms with Crippen LogP contribution in [0.3, 0.4) is 0 Å². The minimum Gasteiger partial charge on any atom is -0.477 e. The summed E-state index contributed by atoms with van der Waals surface area (Å²) in [5.74, 6) is -1.41. The molecule has 1 aliphatic heterocycles. The van der Waals surface area contributed by atoms with E-state index in [1.807, 2.05) is 0 Å². The second kappa shape index (κ2) is 11.6. The fraction of sp³-hybridized carbons (Fsp3) is 0.391. The van der Waals surface area contributed by atoms with Crippen LogP contribution in [0.15, 0.2) is 29.1 Å². The molecule has 0 spiro atoms. The Balaban J connectivity index is 1.63. The number of carbonyl (C=O) groups excluding carboxylic acids is 1. The molecule has 10 nitrogen and oxygen atoms in total. The number of piperazine rings is 1. The average Bonchev–Trinajstić information content (AvgIpc) is 3.13. The summed E-state index contributed by atoms with van der Waals surface area (Å²) in [5.41, 5.74) is 0.538. The lowest BCUT2D eigenvalue weighted by Gasteiger charge is -2.32. The molecule has 0 bridgehead atoms. The maximum absolute atomic E-state index is 12.6. The lowest BCUT2D eigenvalue weighted by Crippen LogP contribution is -2.45. The molecule has 0 unspecified atom stereocenters. The first-order valence-electron chi connectivity index (χ1n) is 11.0. The zero-order chi connectivity index (χ0) is 24.7. The van der Waals surface area contributed by atoms with Gasteiger partial charge in [0.25, 0.3) is 5.56 Å². The van der Waals surface area contributed by atoms with Crippen LogP contribution >= 0.6 is 11.3 Å². The van der Waals surface area contributed by atoms with Crippen LogP contribution in [0, 0.1) is 11.3 Å². The fourth-order valence-corrected chi connectivity index (χ4v) is 4.61. The molecule has 3 rings (SSSR count). The maximum atomic E-state index is 12.6. The van der Waals surface area contributed by atoms with Crippen LogP contribution in [0.2, 0.25) is 0 Å². The van der Waals surface area contributed by atoms with Crippen LogP contribution in [-0.2, 0) is 16.1 Å². The van der Waals surface area contributed by atoms with Crippen molar-refractivity contribution in [3.8, 4) is 6.07 Å². The van der Waals surface area contributed by atoms with Gasteiger partial charge in [-0.05, 0) is 38.2 Å². The summed E-state index contributed by atoms with van der Waals surface area (Å²) in [7, 11) is 2.10. The number of carboxylic acid groups (broad SMARTS) is 1. The highest BCUT2D eigenvalue weighted by molar-refractivity contribution is 7.07. The largest absolute Gasteiger partial charge is 0.477 e. The molecular weight excluding hydrogens is 456 g/mol. The number of nitrogens with one attached hydrogen (secondary N) is 2. The van der Waals surface area contributed by atoms with Crippen molar-refractivity contribution >= 4 is 46.4 Å². The van der Waals surface area contributed by atoms with Crippen LogP contribution in [-0.4, -0.2) is 71.1 Å². The summed E-state index contributed by atoms with van der Waals surface area (Å²) in [6, 6.07) is 8.72. The number of nitrogens with zero attached hydrogens (tertiary/aromatic N) is 4. The zero-order valence-corrected chi connectivity index (χ0v) is 20.0. The Kier molecular flexibility index (Phi) is 8.59. The molecule has 1 aromatic heterocycles. The van der Waals surface area contributed by atoms with Gasteiger partial charge >= 0.3 is 5.97 Å². The fourth-order valence-electron chi connectivity index (χ4n) is 3.53. The molecular formula is C23H28N6O4S. The van der Waals surface area contributed by atoms with Crippen molar-refractivity contribution in [1.82, 2.24) is 14.4 Å². The number of anilines is 2. The van der Waals surface area contributed by atoms with Crippen molar-refractivity contribution < 1.29 is 14.7 Å². The molecule has 2 aromatic rings. The number of rotatable bonds is 8. The molecule has 2 heterocycles. The lowest BCUT2D eigenvalue weighted by molar-refractivity contribution is -0.130. The first-order valence-corrected chi connectivity index (χ1v) is 11.8. The highest BCUT2D eigenvalue weighted by atomic mass is 32.1. The highest BCUT2D eigenvalue weighted by Gasteiger charge is 2.15. The van der Waals surface area contributed by atoms with E-state index in [4.69, 9.17) is 5.26 Å². The molecule has 11 heteroatoms. The number of carboxylic acids is 1. The Bertz CT molecular complexity index is 1250. The van der Waals surface area contributed by atoms with Crippen LogP contribution < -0.4 is 25.4 Å². The van der Waals surface area contributed by atoms with E-state index in [1.165, 1.54) is 10.8 Å². The molecule has 1 aliphatic rings.